The number of nitrogens with two attached hydrogens (primary N) is 1. The Morgan fingerprint density at radius 2 is 1.74 bits per heavy atom. The second-order valence-corrected chi connectivity index (χ2v) is 6.53. The highest BCUT2D eigenvalue weighted by atomic mass is 35.5. The van der Waals surface area contributed by atoms with Gasteiger partial charge in [0.25, 0.3) is 6.43 Å². The van der Waals surface area contributed by atoms with Crippen LogP contribution in [0.15, 0.2) is 12.1 Å². The van der Waals surface area contributed by atoms with Crippen LogP contribution in [0.4, 0.5) is 20.4 Å². The number of halogens is 4. The largest absolute Gasteiger partial charge is 0.399 e. The zero-order valence-corrected chi connectivity index (χ0v) is 15.3. The van der Waals surface area contributed by atoms with Crippen LogP contribution in [0.1, 0.15) is 12.2 Å². The van der Waals surface area contributed by atoms with Crippen molar-refractivity contribution < 1.29 is 13.5 Å². The van der Waals surface area contributed by atoms with E-state index in [1.165, 1.54) is 12.1 Å². The van der Waals surface area contributed by atoms with Crippen LogP contribution < -0.4 is 10.6 Å². The van der Waals surface area contributed by atoms with Gasteiger partial charge in [-0.1, -0.05) is 11.6 Å². The molecule has 0 spiro atoms. The number of imidazole rings is 1. The third kappa shape index (κ3) is 3.35. The predicted octanol–water partition coefficient (Wildman–Crippen LogP) is 2.87. The van der Waals surface area contributed by atoms with E-state index in [0.717, 1.165) is 4.57 Å². The van der Waals surface area contributed by atoms with Crippen molar-refractivity contribution in [3.63, 3.8) is 0 Å². The number of hydrogen-bond acceptors (Lipinski definition) is 7. The molecule has 0 aliphatic carbocycles. The van der Waals surface area contributed by atoms with Crippen molar-refractivity contribution in [2.45, 2.75) is 6.43 Å². The van der Waals surface area contributed by atoms with Crippen molar-refractivity contribution >= 4 is 45.9 Å². The number of alkyl halides is 2. The quantitative estimate of drug-likeness (QED) is 0.656. The van der Waals surface area contributed by atoms with Crippen LogP contribution in [-0.2, 0) is 4.74 Å². The first-order valence-electron chi connectivity index (χ1n) is 7.94. The average molecular weight is 416 g/mol. The molecule has 0 radical (unpaired) electrons. The van der Waals surface area contributed by atoms with Crippen LogP contribution in [0.5, 0.6) is 0 Å². The summed E-state index contributed by atoms with van der Waals surface area (Å²) in [6.07, 6.45) is -2.89. The fraction of sp³-hybridized carbons (Fsp3) is 0.333. The summed E-state index contributed by atoms with van der Waals surface area (Å²) >= 11 is 12.2. The van der Waals surface area contributed by atoms with E-state index >= 15 is 0 Å². The molecule has 0 saturated carbocycles. The molecule has 8 nitrogen and oxygen atoms in total. The third-order valence-corrected chi connectivity index (χ3v) is 4.49. The van der Waals surface area contributed by atoms with E-state index in [-0.39, 0.29) is 33.2 Å². The summed E-state index contributed by atoms with van der Waals surface area (Å²) in [5.74, 6) is -0.381. The van der Waals surface area contributed by atoms with E-state index in [1.54, 1.807) is 0 Å². The summed E-state index contributed by atoms with van der Waals surface area (Å²) in [4.78, 5) is 18.2. The molecule has 1 aliphatic rings. The molecule has 1 aromatic carbocycles. The first-order valence-corrected chi connectivity index (χ1v) is 8.70. The molecular weight excluding hydrogens is 403 g/mol. The second-order valence-electron chi connectivity index (χ2n) is 5.78. The van der Waals surface area contributed by atoms with Gasteiger partial charge in [0.2, 0.25) is 17.2 Å². The minimum absolute atomic E-state index is 0.0871. The van der Waals surface area contributed by atoms with Crippen molar-refractivity contribution in [3.05, 3.63) is 28.3 Å². The molecule has 1 fully saturated rings. The number of aromatic nitrogens is 5. The summed E-state index contributed by atoms with van der Waals surface area (Å²) in [6.45, 7) is 2.10. The van der Waals surface area contributed by atoms with Gasteiger partial charge >= 0.3 is 0 Å². The number of benzene rings is 1. The minimum Gasteiger partial charge on any atom is -0.399 e. The number of morpholine rings is 1. The van der Waals surface area contributed by atoms with Crippen molar-refractivity contribution in [3.8, 4) is 5.95 Å². The van der Waals surface area contributed by atoms with E-state index in [9.17, 15) is 8.78 Å². The molecule has 1 saturated heterocycles. The normalized spacial score (nSPS) is 15.1. The van der Waals surface area contributed by atoms with Gasteiger partial charge in [-0.25, -0.2) is 13.8 Å². The summed E-state index contributed by atoms with van der Waals surface area (Å²) in [6, 6.07) is 2.92. The van der Waals surface area contributed by atoms with Crippen LogP contribution in [0.3, 0.4) is 0 Å². The highest BCUT2D eigenvalue weighted by Gasteiger charge is 2.25. The Hall–Kier alpha value is -2.30. The highest BCUT2D eigenvalue weighted by molar-refractivity contribution is 6.35. The molecule has 3 heterocycles. The molecule has 0 bridgehead atoms. The van der Waals surface area contributed by atoms with Gasteiger partial charge in [-0.3, -0.25) is 4.57 Å². The van der Waals surface area contributed by atoms with Gasteiger partial charge in [0.05, 0.1) is 23.8 Å². The topological polar surface area (TPSA) is 95.0 Å². The van der Waals surface area contributed by atoms with Crippen LogP contribution in [-0.4, -0.2) is 50.8 Å². The highest BCUT2D eigenvalue weighted by Crippen LogP contribution is 2.32. The lowest BCUT2D eigenvalue weighted by Crippen LogP contribution is -2.37. The van der Waals surface area contributed by atoms with E-state index in [2.05, 4.69) is 19.9 Å². The Bertz CT molecular complexity index is 1010. The van der Waals surface area contributed by atoms with Gasteiger partial charge < -0.3 is 15.4 Å². The first kappa shape index (κ1) is 18.1. The molecule has 0 unspecified atom stereocenters. The van der Waals surface area contributed by atoms with E-state index in [1.807, 2.05) is 4.90 Å². The second kappa shape index (κ2) is 7.02. The maximum absolute atomic E-state index is 13.7. The molecule has 0 amide bonds. The number of rotatable bonds is 3. The summed E-state index contributed by atoms with van der Waals surface area (Å²) in [7, 11) is 0. The summed E-state index contributed by atoms with van der Waals surface area (Å²) in [5, 5.41) is 0.0257. The number of nitrogens with zero attached hydrogens (tertiary/aromatic N) is 6. The zero-order valence-electron chi connectivity index (χ0n) is 13.7. The number of hydrogen-bond donors (Lipinski definition) is 1. The molecular formula is C15H13Cl2F2N7O. The Morgan fingerprint density at radius 1 is 1.04 bits per heavy atom. The van der Waals surface area contributed by atoms with E-state index < -0.39 is 12.2 Å². The Morgan fingerprint density at radius 3 is 2.44 bits per heavy atom. The molecule has 12 heteroatoms. The Labute approximate surface area is 161 Å². The smallest absolute Gasteiger partial charge is 0.296 e. The molecule has 2 N–H and O–H groups in total. The van der Waals surface area contributed by atoms with Gasteiger partial charge in [0.1, 0.15) is 5.52 Å². The van der Waals surface area contributed by atoms with Crippen LogP contribution in [0.25, 0.3) is 17.0 Å². The van der Waals surface area contributed by atoms with Crippen molar-refractivity contribution in [1.82, 2.24) is 24.5 Å². The van der Waals surface area contributed by atoms with E-state index in [4.69, 9.17) is 33.7 Å². The maximum Gasteiger partial charge on any atom is 0.296 e. The van der Waals surface area contributed by atoms with Crippen molar-refractivity contribution in [2.75, 3.05) is 36.9 Å². The van der Waals surface area contributed by atoms with Crippen LogP contribution >= 0.6 is 23.2 Å². The Kier molecular flexibility index (Phi) is 4.70. The minimum atomic E-state index is -2.89. The van der Waals surface area contributed by atoms with E-state index in [0.29, 0.717) is 32.0 Å². The number of anilines is 2. The molecule has 3 aromatic rings. The van der Waals surface area contributed by atoms with Crippen molar-refractivity contribution in [2.24, 2.45) is 0 Å². The van der Waals surface area contributed by atoms with Crippen LogP contribution in [0.2, 0.25) is 10.3 Å². The summed E-state index contributed by atoms with van der Waals surface area (Å²) < 4.78 is 33.7. The fourth-order valence-corrected chi connectivity index (χ4v) is 3.28. The fourth-order valence-electron chi connectivity index (χ4n) is 2.86. The van der Waals surface area contributed by atoms with Gasteiger partial charge in [-0.05, 0) is 23.7 Å². The lowest BCUT2D eigenvalue weighted by Gasteiger charge is -2.26. The monoisotopic (exact) mass is 415 g/mol. The maximum atomic E-state index is 13.7. The number of fused-ring (bicyclic) bond motifs is 1. The van der Waals surface area contributed by atoms with Gasteiger partial charge in [-0.2, -0.15) is 15.0 Å². The van der Waals surface area contributed by atoms with Crippen molar-refractivity contribution in [1.29, 1.82) is 0 Å². The average Bonchev–Trinajstić information content (AvgIpc) is 3.02. The SMILES string of the molecule is Nc1cc(Cl)c2nc(C(F)F)n(-c3nc(Cl)nc(N4CCOCC4)n3)c2c1. The zero-order chi connectivity index (χ0) is 19.1. The Balaban J connectivity index is 1.93. The third-order valence-electron chi connectivity index (χ3n) is 4.04. The van der Waals surface area contributed by atoms with Gasteiger partial charge in [0, 0.05) is 18.8 Å². The standard InChI is InChI=1S/C15H13Cl2F2N7O/c16-8-5-7(20)6-9-10(8)21-12(11(18)19)26(9)15-23-13(17)22-14(24-15)25-1-3-27-4-2-25/h5-6,11H,1-4,20H2. The molecule has 142 valence electrons. The number of nitrogen functional groups attached to an aromatic ring is 1. The molecule has 2 aromatic heterocycles. The van der Waals surface area contributed by atoms with Gasteiger partial charge in [-0.15, -0.1) is 0 Å². The predicted molar refractivity (Wildman–Crippen MR) is 96.9 cm³/mol. The van der Waals surface area contributed by atoms with Crippen LogP contribution in [0, 0.1) is 0 Å². The van der Waals surface area contributed by atoms with Gasteiger partial charge in [0.15, 0.2) is 5.82 Å². The molecule has 0 atom stereocenters. The lowest BCUT2D eigenvalue weighted by molar-refractivity contribution is 0.122. The molecule has 4 rings (SSSR count). The lowest BCUT2D eigenvalue weighted by atomic mass is 10.3. The number of ether oxygens (including phenoxy) is 1. The first-order chi connectivity index (χ1) is 12.9. The summed E-state index contributed by atoms with van der Waals surface area (Å²) in [5.41, 5.74) is 6.54. The molecule has 27 heavy (non-hydrogen) atoms. The molecule has 1 aliphatic heterocycles.